The van der Waals surface area contributed by atoms with E-state index in [1.807, 2.05) is 38.2 Å². The van der Waals surface area contributed by atoms with Crippen molar-refractivity contribution in [2.24, 2.45) is 12.8 Å². The largest absolute Gasteiger partial charge is 0.318 e. The van der Waals surface area contributed by atoms with Crippen molar-refractivity contribution in [3.05, 3.63) is 47.5 Å². The van der Waals surface area contributed by atoms with E-state index in [1.165, 1.54) is 5.56 Å². The van der Waals surface area contributed by atoms with Crippen LogP contribution in [0.4, 0.5) is 0 Å². The monoisotopic (exact) mass is 202 g/mol. The molecule has 0 aliphatic heterocycles. The molecule has 0 unspecified atom stereocenters. The lowest BCUT2D eigenvalue weighted by Gasteiger charge is -2.07. The lowest BCUT2D eigenvalue weighted by Crippen LogP contribution is -2.14. The van der Waals surface area contributed by atoms with Crippen LogP contribution in [-0.4, -0.2) is 14.8 Å². The summed E-state index contributed by atoms with van der Waals surface area (Å²) < 4.78 is 1.66. The van der Waals surface area contributed by atoms with Gasteiger partial charge in [-0.3, -0.25) is 4.68 Å². The molecule has 1 heterocycles. The molecule has 2 N–H and O–H groups in total. The van der Waals surface area contributed by atoms with E-state index in [-0.39, 0.29) is 6.04 Å². The van der Waals surface area contributed by atoms with Crippen LogP contribution in [0.3, 0.4) is 0 Å². The molecule has 0 radical (unpaired) electrons. The second-order valence-corrected chi connectivity index (χ2v) is 3.66. The number of aryl methyl sites for hydroxylation is 2. The van der Waals surface area contributed by atoms with E-state index in [0.29, 0.717) is 5.82 Å². The molecule has 0 amide bonds. The molecule has 1 aromatic heterocycles. The summed E-state index contributed by atoms with van der Waals surface area (Å²) in [7, 11) is 1.83. The van der Waals surface area contributed by atoms with Crippen LogP contribution >= 0.6 is 0 Å². The van der Waals surface area contributed by atoms with Crippen molar-refractivity contribution in [2.75, 3.05) is 0 Å². The maximum absolute atomic E-state index is 6.04. The molecule has 0 aliphatic carbocycles. The minimum Gasteiger partial charge on any atom is -0.318 e. The van der Waals surface area contributed by atoms with E-state index in [1.54, 1.807) is 11.0 Å². The summed E-state index contributed by atoms with van der Waals surface area (Å²) in [6, 6.07) is 7.86. The summed E-state index contributed by atoms with van der Waals surface area (Å²) in [5.41, 5.74) is 8.30. The Balaban J connectivity index is 2.28. The van der Waals surface area contributed by atoms with E-state index < -0.39 is 0 Å². The predicted molar refractivity (Wildman–Crippen MR) is 58.2 cm³/mol. The molecule has 15 heavy (non-hydrogen) atoms. The Morgan fingerprint density at radius 3 is 2.47 bits per heavy atom. The van der Waals surface area contributed by atoms with Crippen molar-refractivity contribution < 1.29 is 0 Å². The van der Waals surface area contributed by atoms with Crippen LogP contribution in [0, 0.1) is 6.92 Å². The number of rotatable bonds is 2. The van der Waals surface area contributed by atoms with Crippen molar-refractivity contribution in [1.29, 1.82) is 0 Å². The van der Waals surface area contributed by atoms with Gasteiger partial charge in [-0.2, -0.15) is 5.10 Å². The fourth-order valence-electron chi connectivity index (χ4n) is 1.42. The molecular weight excluding hydrogens is 188 g/mol. The summed E-state index contributed by atoms with van der Waals surface area (Å²) in [6.45, 7) is 2.05. The summed E-state index contributed by atoms with van der Waals surface area (Å²) in [5, 5.41) is 4.19. The van der Waals surface area contributed by atoms with Gasteiger partial charge in [0, 0.05) is 7.05 Å². The lowest BCUT2D eigenvalue weighted by atomic mass is 10.1. The number of benzene rings is 1. The quantitative estimate of drug-likeness (QED) is 0.795. The molecule has 0 aliphatic rings. The Kier molecular flexibility index (Phi) is 2.51. The molecule has 1 atom stereocenters. The summed E-state index contributed by atoms with van der Waals surface area (Å²) in [4.78, 5) is 4.14. The second-order valence-electron chi connectivity index (χ2n) is 3.66. The van der Waals surface area contributed by atoms with Gasteiger partial charge in [-0.15, -0.1) is 0 Å². The highest BCUT2D eigenvalue weighted by Gasteiger charge is 2.12. The summed E-state index contributed by atoms with van der Waals surface area (Å²) in [6.07, 6.45) is 1.66. The van der Waals surface area contributed by atoms with Gasteiger partial charge in [0.05, 0.1) is 6.04 Å². The first-order chi connectivity index (χ1) is 7.16. The molecule has 2 aromatic rings. The molecular formula is C11H14N4. The molecule has 78 valence electrons. The number of nitrogens with zero attached hydrogens (tertiary/aromatic N) is 3. The fraction of sp³-hybridized carbons (Fsp3) is 0.273. The number of hydrogen-bond donors (Lipinski definition) is 1. The predicted octanol–water partition coefficient (Wildman–Crippen LogP) is 1.17. The van der Waals surface area contributed by atoms with Gasteiger partial charge >= 0.3 is 0 Å². The van der Waals surface area contributed by atoms with Crippen molar-refractivity contribution in [3.8, 4) is 0 Å². The molecule has 0 spiro atoms. The normalized spacial score (nSPS) is 12.7. The average Bonchev–Trinajstić information content (AvgIpc) is 2.65. The van der Waals surface area contributed by atoms with E-state index in [2.05, 4.69) is 10.1 Å². The van der Waals surface area contributed by atoms with Crippen molar-refractivity contribution >= 4 is 0 Å². The zero-order valence-electron chi connectivity index (χ0n) is 8.88. The minimum absolute atomic E-state index is 0.244. The maximum atomic E-state index is 6.04. The van der Waals surface area contributed by atoms with E-state index in [9.17, 15) is 0 Å². The average molecular weight is 202 g/mol. The Hall–Kier alpha value is -1.68. The maximum Gasteiger partial charge on any atom is 0.171 e. The molecule has 0 saturated carbocycles. The van der Waals surface area contributed by atoms with Crippen molar-refractivity contribution in [1.82, 2.24) is 14.8 Å². The third-order valence-electron chi connectivity index (χ3n) is 2.33. The Morgan fingerprint density at radius 2 is 1.93 bits per heavy atom. The van der Waals surface area contributed by atoms with Crippen LogP contribution in [0.25, 0.3) is 0 Å². The zero-order valence-corrected chi connectivity index (χ0v) is 8.88. The fourth-order valence-corrected chi connectivity index (χ4v) is 1.42. The van der Waals surface area contributed by atoms with Crippen molar-refractivity contribution in [3.63, 3.8) is 0 Å². The molecule has 4 nitrogen and oxygen atoms in total. The van der Waals surface area contributed by atoms with Gasteiger partial charge in [-0.25, -0.2) is 4.98 Å². The van der Waals surface area contributed by atoms with E-state index in [4.69, 9.17) is 5.73 Å². The van der Waals surface area contributed by atoms with Crippen LogP contribution in [0.5, 0.6) is 0 Å². The van der Waals surface area contributed by atoms with Gasteiger partial charge < -0.3 is 5.73 Å². The van der Waals surface area contributed by atoms with E-state index in [0.717, 1.165) is 5.56 Å². The highest BCUT2D eigenvalue weighted by atomic mass is 15.3. The van der Waals surface area contributed by atoms with Crippen LogP contribution in [0.1, 0.15) is 23.0 Å². The minimum atomic E-state index is -0.244. The topological polar surface area (TPSA) is 56.7 Å². The molecule has 0 bridgehead atoms. The Labute approximate surface area is 88.8 Å². The van der Waals surface area contributed by atoms with Crippen molar-refractivity contribution in [2.45, 2.75) is 13.0 Å². The van der Waals surface area contributed by atoms with E-state index >= 15 is 0 Å². The lowest BCUT2D eigenvalue weighted by molar-refractivity contribution is 0.712. The second kappa shape index (κ2) is 3.82. The molecule has 1 aromatic carbocycles. The third kappa shape index (κ3) is 2.05. The number of hydrogen-bond acceptors (Lipinski definition) is 3. The van der Waals surface area contributed by atoms with Crippen LogP contribution in [0.2, 0.25) is 0 Å². The molecule has 2 rings (SSSR count). The number of nitrogens with two attached hydrogens (primary N) is 1. The van der Waals surface area contributed by atoms with Gasteiger partial charge in [0.2, 0.25) is 0 Å². The standard InChI is InChI=1S/C11H14N4/c1-8-3-5-9(6-4-8)10(12)11-13-7-15(2)14-11/h3-7,10H,12H2,1-2H3/t10-/m0/s1. The van der Waals surface area contributed by atoms with Crippen LogP contribution in [0.15, 0.2) is 30.6 Å². The highest BCUT2D eigenvalue weighted by Crippen LogP contribution is 2.15. The SMILES string of the molecule is Cc1ccc([C@H](N)c2ncn(C)n2)cc1. The first-order valence-electron chi connectivity index (χ1n) is 4.84. The third-order valence-corrected chi connectivity index (χ3v) is 2.33. The number of aromatic nitrogens is 3. The molecule has 4 heteroatoms. The smallest absolute Gasteiger partial charge is 0.171 e. The Morgan fingerprint density at radius 1 is 1.27 bits per heavy atom. The van der Waals surface area contributed by atoms with Gasteiger partial charge in [0.25, 0.3) is 0 Å². The van der Waals surface area contributed by atoms with Gasteiger partial charge in [0.1, 0.15) is 6.33 Å². The first kappa shape index (κ1) is 9.86. The Bertz CT molecular complexity index is 444. The summed E-state index contributed by atoms with van der Waals surface area (Å²) >= 11 is 0. The molecule has 0 saturated heterocycles. The van der Waals surface area contributed by atoms with Crippen LogP contribution in [-0.2, 0) is 7.05 Å². The molecule has 0 fully saturated rings. The summed E-state index contributed by atoms with van der Waals surface area (Å²) in [5.74, 6) is 0.654. The van der Waals surface area contributed by atoms with Gasteiger partial charge in [-0.1, -0.05) is 29.8 Å². The highest BCUT2D eigenvalue weighted by molar-refractivity contribution is 5.27. The first-order valence-corrected chi connectivity index (χ1v) is 4.84. The van der Waals surface area contributed by atoms with Gasteiger partial charge in [-0.05, 0) is 12.5 Å². The zero-order chi connectivity index (χ0) is 10.8. The van der Waals surface area contributed by atoms with Crippen LogP contribution < -0.4 is 5.73 Å². The van der Waals surface area contributed by atoms with Gasteiger partial charge in [0.15, 0.2) is 5.82 Å².